The van der Waals surface area contributed by atoms with E-state index in [9.17, 15) is 0 Å². The second kappa shape index (κ2) is 7.05. The van der Waals surface area contributed by atoms with Gasteiger partial charge in [0.15, 0.2) is 5.58 Å². The fraction of sp³-hybridized carbons (Fsp3) is 0.316. The Labute approximate surface area is 150 Å². The lowest BCUT2D eigenvalue weighted by atomic mass is 10.2. The summed E-state index contributed by atoms with van der Waals surface area (Å²) in [5.41, 5.74) is 4.06. The first kappa shape index (κ1) is 15.8. The van der Waals surface area contributed by atoms with E-state index in [2.05, 4.69) is 43.3 Å². The maximum Gasteiger partial charge on any atom is 0.227 e. The SMILES string of the molecule is Brc1ccc(-c2nc3cc(CN4CCCNCC4)ccc3o2)cc1. The molecule has 1 aromatic heterocycles. The van der Waals surface area contributed by atoms with Crippen LogP contribution in [-0.4, -0.2) is 36.1 Å². The average molecular weight is 386 g/mol. The molecule has 0 radical (unpaired) electrons. The van der Waals surface area contributed by atoms with Gasteiger partial charge in [0, 0.05) is 29.7 Å². The Kier molecular flexibility index (Phi) is 4.65. The Morgan fingerprint density at radius 1 is 1.08 bits per heavy atom. The number of halogens is 1. The first-order chi connectivity index (χ1) is 11.8. The summed E-state index contributed by atoms with van der Waals surface area (Å²) in [4.78, 5) is 7.17. The molecule has 4 rings (SSSR count). The number of oxazole rings is 1. The molecule has 1 aliphatic rings. The molecular formula is C19H20BrN3O. The van der Waals surface area contributed by atoms with Crippen molar-refractivity contribution >= 4 is 27.0 Å². The molecule has 1 N–H and O–H groups in total. The summed E-state index contributed by atoms with van der Waals surface area (Å²) in [6.07, 6.45) is 1.21. The lowest BCUT2D eigenvalue weighted by Gasteiger charge is -2.19. The average Bonchev–Trinajstić information content (AvgIpc) is 2.84. The zero-order chi connectivity index (χ0) is 16.4. The Morgan fingerprint density at radius 2 is 1.96 bits per heavy atom. The number of hydrogen-bond donors (Lipinski definition) is 1. The minimum Gasteiger partial charge on any atom is -0.436 e. The number of rotatable bonds is 3. The van der Waals surface area contributed by atoms with E-state index in [1.54, 1.807) is 0 Å². The van der Waals surface area contributed by atoms with Crippen molar-refractivity contribution in [2.24, 2.45) is 0 Å². The van der Waals surface area contributed by atoms with Gasteiger partial charge in [0.05, 0.1) is 0 Å². The van der Waals surface area contributed by atoms with Crippen LogP contribution in [0.2, 0.25) is 0 Å². The van der Waals surface area contributed by atoms with Crippen molar-refractivity contribution in [3.05, 3.63) is 52.5 Å². The standard InChI is InChI=1S/C19H20BrN3O/c20-16-5-3-15(4-6-16)19-22-17-12-14(2-7-18(17)24-19)13-23-10-1-8-21-9-11-23/h2-7,12,21H,1,8-11,13H2. The van der Waals surface area contributed by atoms with Gasteiger partial charge >= 0.3 is 0 Å². The summed E-state index contributed by atoms with van der Waals surface area (Å²) < 4.78 is 6.96. The molecule has 0 atom stereocenters. The van der Waals surface area contributed by atoms with E-state index in [-0.39, 0.29) is 0 Å². The van der Waals surface area contributed by atoms with Crippen molar-refractivity contribution in [2.75, 3.05) is 26.2 Å². The van der Waals surface area contributed by atoms with Crippen LogP contribution < -0.4 is 5.32 Å². The molecule has 1 saturated heterocycles. The van der Waals surface area contributed by atoms with Gasteiger partial charge in [0.1, 0.15) is 5.52 Å². The molecule has 0 bridgehead atoms. The zero-order valence-corrected chi connectivity index (χ0v) is 15.1. The normalized spacial score (nSPS) is 16.4. The molecule has 2 heterocycles. The van der Waals surface area contributed by atoms with Crippen LogP contribution >= 0.6 is 15.9 Å². The van der Waals surface area contributed by atoms with Crippen LogP contribution in [0.3, 0.4) is 0 Å². The van der Waals surface area contributed by atoms with E-state index < -0.39 is 0 Å². The number of hydrogen-bond acceptors (Lipinski definition) is 4. The van der Waals surface area contributed by atoms with E-state index in [1.807, 2.05) is 30.3 Å². The first-order valence-corrected chi connectivity index (χ1v) is 9.16. The molecule has 24 heavy (non-hydrogen) atoms. The van der Waals surface area contributed by atoms with Crippen molar-refractivity contribution < 1.29 is 4.42 Å². The van der Waals surface area contributed by atoms with Crippen LogP contribution in [0.5, 0.6) is 0 Å². The largest absolute Gasteiger partial charge is 0.436 e. The van der Waals surface area contributed by atoms with Crippen LogP contribution in [0.4, 0.5) is 0 Å². The molecule has 0 saturated carbocycles. The number of fused-ring (bicyclic) bond motifs is 1. The first-order valence-electron chi connectivity index (χ1n) is 8.36. The lowest BCUT2D eigenvalue weighted by molar-refractivity contribution is 0.284. The molecule has 0 spiro atoms. The molecule has 2 aromatic carbocycles. The third kappa shape index (κ3) is 3.53. The molecule has 5 heteroatoms. The summed E-state index contributed by atoms with van der Waals surface area (Å²) in [6.45, 7) is 5.41. The second-order valence-corrected chi connectivity index (χ2v) is 7.12. The van der Waals surface area contributed by atoms with E-state index in [1.165, 1.54) is 12.0 Å². The highest BCUT2D eigenvalue weighted by Crippen LogP contribution is 2.26. The van der Waals surface area contributed by atoms with Gasteiger partial charge in [0.2, 0.25) is 5.89 Å². The van der Waals surface area contributed by atoms with Gasteiger partial charge in [-0.2, -0.15) is 0 Å². The third-order valence-electron chi connectivity index (χ3n) is 4.38. The zero-order valence-electron chi connectivity index (χ0n) is 13.5. The summed E-state index contributed by atoms with van der Waals surface area (Å²) in [5.74, 6) is 0.675. The Balaban J connectivity index is 1.57. The topological polar surface area (TPSA) is 41.3 Å². The summed E-state index contributed by atoms with van der Waals surface area (Å²) in [7, 11) is 0. The van der Waals surface area contributed by atoms with Crippen molar-refractivity contribution in [2.45, 2.75) is 13.0 Å². The maximum atomic E-state index is 5.91. The van der Waals surface area contributed by atoms with Crippen LogP contribution in [0, 0.1) is 0 Å². The van der Waals surface area contributed by atoms with Gasteiger partial charge in [-0.3, -0.25) is 4.90 Å². The monoisotopic (exact) mass is 385 g/mol. The van der Waals surface area contributed by atoms with Gasteiger partial charge in [-0.15, -0.1) is 0 Å². The minimum atomic E-state index is 0.675. The van der Waals surface area contributed by atoms with Gasteiger partial charge in [-0.25, -0.2) is 4.98 Å². The van der Waals surface area contributed by atoms with Crippen LogP contribution in [0.15, 0.2) is 51.4 Å². The molecule has 0 unspecified atom stereocenters. The predicted molar refractivity (Wildman–Crippen MR) is 99.9 cm³/mol. The number of benzene rings is 2. The Hall–Kier alpha value is -1.69. The van der Waals surface area contributed by atoms with Gasteiger partial charge in [0.25, 0.3) is 0 Å². The maximum absolute atomic E-state index is 5.91. The summed E-state index contributed by atoms with van der Waals surface area (Å²) in [6, 6.07) is 14.4. The number of nitrogens with one attached hydrogen (secondary N) is 1. The Morgan fingerprint density at radius 3 is 2.83 bits per heavy atom. The number of aromatic nitrogens is 1. The van der Waals surface area contributed by atoms with Crippen molar-refractivity contribution in [1.82, 2.24) is 15.2 Å². The third-order valence-corrected chi connectivity index (χ3v) is 4.91. The minimum absolute atomic E-state index is 0.675. The van der Waals surface area contributed by atoms with E-state index in [4.69, 9.17) is 4.42 Å². The predicted octanol–water partition coefficient (Wildman–Crippen LogP) is 4.05. The van der Waals surface area contributed by atoms with Crippen LogP contribution in [0.1, 0.15) is 12.0 Å². The van der Waals surface area contributed by atoms with Crippen molar-refractivity contribution in [1.29, 1.82) is 0 Å². The highest BCUT2D eigenvalue weighted by Gasteiger charge is 2.12. The molecular weight excluding hydrogens is 366 g/mol. The molecule has 1 aliphatic heterocycles. The summed E-state index contributed by atoms with van der Waals surface area (Å²) in [5, 5.41) is 3.45. The van der Waals surface area contributed by atoms with Gasteiger partial charge in [-0.05, 0) is 61.5 Å². The fourth-order valence-corrected chi connectivity index (χ4v) is 3.37. The lowest BCUT2D eigenvalue weighted by Crippen LogP contribution is -2.27. The molecule has 1 fully saturated rings. The van der Waals surface area contributed by atoms with Crippen molar-refractivity contribution in [3.8, 4) is 11.5 Å². The summed E-state index contributed by atoms with van der Waals surface area (Å²) >= 11 is 3.45. The molecule has 0 amide bonds. The van der Waals surface area contributed by atoms with Crippen LogP contribution in [0.25, 0.3) is 22.6 Å². The van der Waals surface area contributed by atoms with Crippen molar-refractivity contribution in [3.63, 3.8) is 0 Å². The van der Waals surface area contributed by atoms with E-state index in [0.29, 0.717) is 5.89 Å². The van der Waals surface area contributed by atoms with E-state index in [0.717, 1.165) is 53.9 Å². The quantitative estimate of drug-likeness (QED) is 0.738. The smallest absolute Gasteiger partial charge is 0.227 e. The van der Waals surface area contributed by atoms with Gasteiger partial charge < -0.3 is 9.73 Å². The highest BCUT2D eigenvalue weighted by atomic mass is 79.9. The van der Waals surface area contributed by atoms with Crippen LogP contribution in [-0.2, 0) is 6.54 Å². The fourth-order valence-electron chi connectivity index (χ4n) is 3.11. The molecule has 4 nitrogen and oxygen atoms in total. The van der Waals surface area contributed by atoms with E-state index >= 15 is 0 Å². The van der Waals surface area contributed by atoms with Gasteiger partial charge in [-0.1, -0.05) is 22.0 Å². The Bertz CT molecular complexity index is 820. The second-order valence-electron chi connectivity index (χ2n) is 6.21. The molecule has 3 aromatic rings. The highest BCUT2D eigenvalue weighted by molar-refractivity contribution is 9.10. The molecule has 0 aliphatic carbocycles. The number of nitrogens with zero attached hydrogens (tertiary/aromatic N) is 2. The molecule has 124 valence electrons.